The second-order valence-electron chi connectivity index (χ2n) is 10.6. The van der Waals surface area contributed by atoms with E-state index in [4.69, 9.17) is 44.3 Å². The summed E-state index contributed by atoms with van der Waals surface area (Å²) < 4.78 is 12.0. The molecular weight excluding hydrogens is 533 g/mol. The molecule has 1 unspecified atom stereocenters. The molecule has 0 N–H and O–H groups in total. The lowest BCUT2D eigenvalue weighted by atomic mass is 9.66. The smallest absolute Gasteiger partial charge is 0.419 e. The lowest BCUT2D eigenvalue weighted by Crippen LogP contribution is -2.45. The molecule has 2 aromatic rings. The first-order valence-corrected chi connectivity index (χ1v) is 13.7. The van der Waals surface area contributed by atoms with Crippen LogP contribution in [-0.4, -0.2) is 35.3 Å². The number of carbonyl (C=O) groups is 2. The fourth-order valence-electron chi connectivity index (χ4n) is 5.23. The van der Waals surface area contributed by atoms with Gasteiger partial charge in [0.2, 0.25) is 5.91 Å². The Morgan fingerprint density at radius 3 is 2.24 bits per heavy atom. The van der Waals surface area contributed by atoms with Crippen LogP contribution in [0.2, 0.25) is 15.1 Å². The van der Waals surface area contributed by atoms with Gasteiger partial charge in [-0.25, -0.2) is 9.69 Å². The molecule has 2 aromatic carbocycles. The summed E-state index contributed by atoms with van der Waals surface area (Å²) in [6.45, 7) is 7.82. The summed E-state index contributed by atoms with van der Waals surface area (Å²) in [6.07, 6.45) is 4.13. The van der Waals surface area contributed by atoms with Gasteiger partial charge < -0.3 is 9.47 Å². The third kappa shape index (κ3) is 6.01. The van der Waals surface area contributed by atoms with Gasteiger partial charge in [-0.05, 0) is 62.6 Å². The molecular formula is C29H32Cl3NO4. The predicted molar refractivity (Wildman–Crippen MR) is 147 cm³/mol. The Morgan fingerprint density at radius 2 is 1.62 bits per heavy atom. The molecule has 1 aliphatic heterocycles. The normalized spacial score (nSPS) is 25.3. The number of ether oxygens (including phenoxy) is 2. The van der Waals surface area contributed by atoms with Crippen LogP contribution < -0.4 is 0 Å². The molecule has 2 amide bonds. The van der Waals surface area contributed by atoms with E-state index in [9.17, 15) is 9.59 Å². The second kappa shape index (κ2) is 11.4. The molecule has 1 heterocycles. The van der Waals surface area contributed by atoms with Crippen LogP contribution in [-0.2, 0) is 14.3 Å². The number of fused-ring (bicyclic) bond motifs is 1. The van der Waals surface area contributed by atoms with Gasteiger partial charge in [-0.3, -0.25) is 4.79 Å². The average molecular weight is 565 g/mol. The molecule has 37 heavy (non-hydrogen) atoms. The van der Waals surface area contributed by atoms with Gasteiger partial charge in [0.05, 0.1) is 5.92 Å². The summed E-state index contributed by atoms with van der Waals surface area (Å²) in [7, 11) is 0. The topological polar surface area (TPSA) is 55.8 Å². The number of hydrogen-bond donors (Lipinski definition) is 0. The molecule has 5 nitrogen and oxygen atoms in total. The number of benzene rings is 2. The number of carbonyl (C=O) groups excluding carboxylic acids is 2. The van der Waals surface area contributed by atoms with Crippen molar-refractivity contribution in [2.24, 2.45) is 11.8 Å². The standard InChI is InChI=1S/C29H32Cl3NO4/c1-5-6-15-36-27-25-22(26(34)33(27)28(35)37-29(2,3)4)14-13-21(20-12-11-19(31)16-23(20)32)24(25)17-7-9-18(30)10-8-17/h7-14,16,21-22,24-25,27H,5-6,15H2,1-4H3/t21-,22-,24-,25+,27?/m0/s1. The molecule has 1 aliphatic carbocycles. The van der Waals surface area contributed by atoms with E-state index in [1.807, 2.05) is 48.6 Å². The van der Waals surface area contributed by atoms with Crippen molar-refractivity contribution in [2.45, 2.75) is 64.2 Å². The zero-order valence-electron chi connectivity index (χ0n) is 21.4. The number of nitrogens with zero attached hydrogens (tertiary/aromatic N) is 1. The summed E-state index contributed by atoms with van der Waals surface area (Å²) >= 11 is 19.1. The van der Waals surface area contributed by atoms with E-state index < -0.39 is 23.8 Å². The monoisotopic (exact) mass is 563 g/mol. The van der Waals surface area contributed by atoms with Gasteiger partial charge >= 0.3 is 6.09 Å². The number of halogens is 3. The van der Waals surface area contributed by atoms with Gasteiger partial charge in [0.25, 0.3) is 0 Å². The average Bonchev–Trinajstić information content (AvgIpc) is 3.10. The Hall–Kier alpha value is -2.05. The lowest BCUT2D eigenvalue weighted by molar-refractivity contribution is -0.136. The first-order valence-electron chi connectivity index (χ1n) is 12.6. The molecule has 0 saturated carbocycles. The molecule has 0 radical (unpaired) electrons. The number of unbranched alkanes of at least 4 members (excludes halogenated alkanes) is 1. The molecule has 0 bridgehead atoms. The summed E-state index contributed by atoms with van der Waals surface area (Å²) in [5, 5.41) is 1.69. The maximum Gasteiger partial charge on any atom is 0.419 e. The van der Waals surface area contributed by atoms with Crippen molar-refractivity contribution >= 4 is 46.8 Å². The second-order valence-corrected chi connectivity index (χ2v) is 11.8. The molecule has 0 aromatic heterocycles. The van der Waals surface area contributed by atoms with Crippen LogP contribution in [0.5, 0.6) is 0 Å². The SMILES string of the molecule is CCCCOC1[C@H]2[C@@H](c3ccc(Cl)cc3)[C@H](c3ccc(Cl)cc3Cl)C=C[C@@H]2C(=O)N1C(=O)OC(C)(C)C. The number of imide groups is 1. The minimum absolute atomic E-state index is 0.184. The number of likely N-dealkylation sites (tertiary alicyclic amines) is 1. The highest BCUT2D eigenvalue weighted by Crippen LogP contribution is 2.53. The Labute approximate surface area is 233 Å². The largest absolute Gasteiger partial charge is 0.443 e. The van der Waals surface area contributed by atoms with Crippen molar-refractivity contribution < 1.29 is 19.1 Å². The van der Waals surface area contributed by atoms with Crippen LogP contribution >= 0.6 is 34.8 Å². The summed E-state index contributed by atoms with van der Waals surface area (Å²) in [5.41, 5.74) is 1.10. The minimum atomic E-state index is -0.793. The third-order valence-corrected chi connectivity index (χ3v) is 7.62. The lowest BCUT2D eigenvalue weighted by Gasteiger charge is -2.39. The van der Waals surface area contributed by atoms with Crippen LogP contribution in [0.1, 0.15) is 63.5 Å². The van der Waals surface area contributed by atoms with E-state index in [1.165, 1.54) is 4.90 Å². The molecule has 0 spiro atoms. The Bertz CT molecular complexity index is 1170. The predicted octanol–water partition coefficient (Wildman–Crippen LogP) is 8.24. The molecule has 2 aliphatic rings. The van der Waals surface area contributed by atoms with Crippen LogP contribution in [0.15, 0.2) is 54.6 Å². The van der Waals surface area contributed by atoms with Crippen LogP contribution in [0.4, 0.5) is 4.79 Å². The minimum Gasteiger partial charge on any atom is -0.443 e. The van der Waals surface area contributed by atoms with Crippen molar-refractivity contribution in [1.82, 2.24) is 4.90 Å². The molecule has 4 rings (SSSR count). The maximum atomic E-state index is 13.7. The van der Waals surface area contributed by atoms with Gasteiger partial charge in [-0.1, -0.05) is 78.5 Å². The van der Waals surface area contributed by atoms with Crippen molar-refractivity contribution in [3.05, 3.63) is 80.8 Å². The van der Waals surface area contributed by atoms with Crippen molar-refractivity contribution in [1.29, 1.82) is 0 Å². The molecule has 1 saturated heterocycles. The fraction of sp³-hybridized carbons (Fsp3) is 0.448. The quantitative estimate of drug-likeness (QED) is 0.262. The molecule has 8 heteroatoms. The van der Waals surface area contributed by atoms with E-state index >= 15 is 0 Å². The Morgan fingerprint density at radius 1 is 0.973 bits per heavy atom. The van der Waals surface area contributed by atoms with Gasteiger partial charge in [-0.2, -0.15) is 0 Å². The van der Waals surface area contributed by atoms with Crippen LogP contribution in [0.3, 0.4) is 0 Å². The van der Waals surface area contributed by atoms with Gasteiger partial charge in [-0.15, -0.1) is 0 Å². The van der Waals surface area contributed by atoms with E-state index in [-0.39, 0.29) is 23.7 Å². The van der Waals surface area contributed by atoms with Crippen molar-refractivity contribution in [3.63, 3.8) is 0 Å². The van der Waals surface area contributed by atoms with E-state index in [2.05, 4.69) is 6.92 Å². The highest BCUT2D eigenvalue weighted by molar-refractivity contribution is 6.35. The van der Waals surface area contributed by atoms with Crippen LogP contribution in [0, 0.1) is 11.8 Å². The summed E-state index contributed by atoms with van der Waals surface area (Å²) in [5.74, 6) is -1.65. The highest BCUT2D eigenvalue weighted by Gasteiger charge is 2.57. The fourth-order valence-corrected chi connectivity index (χ4v) is 5.89. The number of rotatable bonds is 6. The van der Waals surface area contributed by atoms with E-state index in [1.54, 1.807) is 26.8 Å². The molecule has 198 valence electrons. The van der Waals surface area contributed by atoms with E-state index in [0.29, 0.717) is 21.7 Å². The molecule has 1 fully saturated rings. The zero-order valence-corrected chi connectivity index (χ0v) is 23.7. The Kier molecular flexibility index (Phi) is 8.59. The summed E-state index contributed by atoms with van der Waals surface area (Å²) in [4.78, 5) is 28.2. The number of hydrogen-bond acceptors (Lipinski definition) is 4. The van der Waals surface area contributed by atoms with Gasteiger partial charge in [0.1, 0.15) is 11.8 Å². The van der Waals surface area contributed by atoms with Gasteiger partial charge in [0.15, 0.2) is 0 Å². The highest BCUT2D eigenvalue weighted by atomic mass is 35.5. The zero-order chi connectivity index (χ0) is 26.9. The first kappa shape index (κ1) is 28.0. The number of allylic oxidation sites excluding steroid dienone is 1. The van der Waals surface area contributed by atoms with Crippen LogP contribution in [0.25, 0.3) is 0 Å². The maximum absolute atomic E-state index is 13.7. The summed E-state index contributed by atoms with van der Waals surface area (Å²) in [6, 6.07) is 13.0. The number of amides is 2. The first-order chi connectivity index (χ1) is 17.5. The van der Waals surface area contributed by atoms with Gasteiger partial charge in [0, 0.05) is 39.4 Å². The van der Waals surface area contributed by atoms with E-state index in [0.717, 1.165) is 24.0 Å². The Balaban J connectivity index is 1.84. The molecule has 5 atom stereocenters. The van der Waals surface area contributed by atoms with Crippen molar-refractivity contribution in [3.8, 4) is 0 Å². The van der Waals surface area contributed by atoms with Crippen molar-refractivity contribution in [2.75, 3.05) is 6.61 Å². The third-order valence-electron chi connectivity index (χ3n) is 6.80.